The van der Waals surface area contributed by atoms with Crippen LogP contribution in [0.1, 0.15) is 38.4 Å². The number of anilines is 1. The summed E-state index contributed by atoms with van der Waals surface area (Å²) in [5.74, 6) is -0.598. The lowest BCUT2D eigenvalue weighted by Gasteiger charge is -2.30. The number of nitrogens with one attached hydrogen (secondary N) is 1. The summed E-state index contributed by atoms with van der Waals surface area (Å²) in [5.41, 5.74) is 1.17. The first kappa shape index (κ1) is 29.8. The van der Waals surface area contributed by atoms with Crippen molar-refractivity contribution in [3.8, 4) is 5.75 Å². The van der Waals surface area contributed by atoms with Crippen LogP contribution in [-0.2, 0) is 16.0 Å². The number of hydrogen-bond donors (Lipinski definition) is 3. The van der Waals surface area contributed by atoms with Gasteiger partial charge >= 0.3 is 0 Å². The van der Waals surface area contributed by atoms with Gasteiger partial charge in [-0.1, -0.05) is 19.9 Å². The number of likely N-dealkylation sites (N-methyl/N-ethyl adjacent to an activating group) is 1. The van der Waals surface area contributed by atoms with Crippen LogP contribution in [0.2, 0.25) is 0 Å². The van der Waals surface area contributed by atoms with Crippen molar-refractivity contribution in [1.82, 2.24) is 15.2 Å². The summed E-state index contributed by atoms with van der Waals surface area (Å²) in [6, 6.07) is 0. The SMILES string of the molecule is CC.CC(O)N(C)C.CNC(=O)/C=C(\O)c1ncc(CC2C=CC(F)=CC2)c2c1N(C=O)CCO2. The molecule has 194 valence electrons. The number of allylic oxidation sites excluding steroid dienone is 4. The monoisotopic (exact) mass is 492 g/mol. The number of carbonyl (C=O) groups excluding carboxylic acids is 2. The first-order chi connectivity index (χ1) is 16.7. The summed E-state index contributed by atoms with van der Waals surface area (Å²) in [7, 11) is 5.09. The maximum absolute atomic E-state index is 13.2. The Hall–Kier alpha value is -3.24. The summed E-state index contributed by atoms with van der Waals surface area (Å²) < 4.78 is 18.9. The Balaban J connectivity index is 0.000000670. The van der Waals surface area contributed by atoms with Crippen LogP contribution in [0, 0.1) is 5.92 Å². The molecule has 2 unspecified atom stereocenters. The zero-order valence-electron chi connectivity index (χ0n) is 21.3. The van der Waals surface area contributed by atoms with Gasteiger partial charge in [0.1, 0.15) is 41.6 Å². The summed E-state index contributed by atoms with van der Waals surface area (Å²) in [6.07, 6.45) is 8.72. The molecule has 0 radical (unpaired) electrons. The highest BCUT2D eigenvalue weighted by Crippen LogP contribution is 2.40. The van der Waals surface area contributed by atoms with Gasteiger partial charge in [-0.2, -0.15) is 0 Å². The number of fused-ring (bicyclic) bond motifs is 1. The lowest BCUT2D eigenvalue weighted by atomic mass is 9.92. The minimum absolute atomic E-state index is 0.0754. The minimum atomic E-state index is -0.498. The molecule has 1 aliphatic heterocycles. The summed E-state index contributed by atoms with van der Waals surface area (Å²) >= 11 is 0. The molecule has 0 fully saturated rings. The molecule has 0 saturated heterocycles. The van der Waals surface area contributed by atoms with E-state index in [1.165, 1.54) is 24.1 Å². The third kappa shape index (κ3) is 8.80. The average Bonchev–Trinajstić information content (AvgIpc) is 2.86. The second-order valence-electron chi connectivity index (χ2n) is 7.84. The molecule has 1 aromatic rings. The Morgan fingerprint density at radius 2 is 2.09 bits per heavy atom. The van der Waals surface area contributed by atoms with E-state index in [0.717, 1.165) is 11.6 Å². The molecule has 3 N–H and O–H groups in total. The molecule has 2 atom stereocenters. The van der Waals surface area contributed by atoms with Crippen LogP contribution in [0.5, 0.6) is 5.75 Å². The molecule has 0 bridgehead atoms. The maximum atomic E-state index is 13.2. The molecule has 9 nitrogen and oxygen atoms in total. The van der Waals surface area contributed by atoms with Crippen LogP contribution < -0.4 is 15.0 Å². The fourth-order valence-corrected chi connectivity index (χ4v) is 3.08. The van der Waals surface area contributed by atoms with E-state index in [0.29, 0.717) is 43.8 Å². The van der Waals surface area contributed by atoms with Crippen molar-refractivity contribution in [3.05, 3.63) is 47.6 Å². The largest absolute Gasteiger partial charge is 0.505 e. The number of hydrogen-bond acceptors (Lipinski definition) is 7. The molecule has 2 heterocycles. The van der Waals surface area contributed by atoms with Crippen LogP contribution in [0.15, 0.2) is 36.3 Å². The van der Waals surface area contributed by atoms with Crippen molar-refractivity contribution >= 4 is 23.8 Å². The Morgan fingerprint density at radius 1 is 1.43 bits per heavy atom. The number of ether oxygens (including phenoxy) is 1. The Kier molecular flexibility index (Phi) is 12.7. The van der Waals surface area contributed by atoms with E-state index in [1.54, 1.807) is 24.1 Å². The number of carbonyl (C=O) groups is 2. The van der Waals surface area contributed by atoms with Gasteiger partial charge < -0.3 is 25.2 Å². The topological polar surface area (TPSA) is 115 Å². The van der Waals surface area contributed by atoms with E-state index in [2.05, 4.69) is 10.3 Å². The second-order valence-corrected chi connectivity index (χ2v) is 7.84. The van der Waals surface area contributed by atoms with Crippen LogP contribution >= 0.6 is 0 Å². The third-order valence-corrected chi connectivity index (χ3v) is 5.20. The van der Waals surface area contributed by atoms with Gasteiger partial charge in [-0.05, 0) is 51.9 Å². The first-order valence-electron chi connectivity index (χ1n) is 11.6. The first-order valence-corrected chi connectivity index (χ1v) is 11.6. The summed E-state index contributed by atoms with van der Waals surface area (Å²) in [6.45, 7) is 6.33. The van der Waals surface area contributed by atoms with Gasteiger partial charge in [0, 0.05) is 24.9 Å². The lowest BCUT2D eigenvalue weighted by molar-refractivity contribution is -0.116. The standard InChI is InChI=1S/C19H20FN3O4.C4H11NO.C2H6/c1-21-16(26)9-15(25)17-18-19(27-7-6-23(18)11-24)13(10-22-17)8-12-2-4-14(20)5-3-12;1-4(6)5(2)3;1-2/h2,4-5,9-12,25H,3,6-8H2,1H3,(H,21,26);4,6H,1-3H3;1-2H3/b15-9-;;. The zero-order chi connectivity index (χ0) is 26.5. The predicted molar refractivity (Wildman–Crippen MR) is 135 cm³/mol. The fourth-order valence-electron chi connectivity index (χ4n) is 3.08. The van der Waals surface area contributed by atoms with Gasteiger partial charge in [-0.25, -0.2) is 4.39 Å². The highest BCUT2D eigenvalue weighted by molar-refractivity contribution is 5.96. The molecule has 0 saturated carbocycles. The number of aromatic nitrogens is 1. The molecule has 0 spiro atoms. The summed E-state index contributed by atoms with van der Waals surface area (Å²) in [5, 5.41) is 21.2. The molecule has 0 aromatic carbocycles. The van der Waals surface area contributed by atoms with Gasteiger partial charge in [-0.3, -0.25) is 19.5 Å². The van der Waals surface area contributed by atoms with Crippen LogP contribution in [0.4, 0.5) is 10.1 Å². The highest BCUT2D eigenvalue weighted by atomic mass is 19.1. The van der Waals surface area contributed by atoms with Crippen molar-refractivity contribution in [2.45, 2.75) is 39.8 Å². The van der Waals surface area contributed by atoms with E-state index in [9.17, 15) is 19.1 Å². The van der Waals surface area contributed by atoms with Gasteiger partial charge in [0.15, 0.2) is 0 Å². The van der Waals surface area contributed by atoms with Crippen molar-refractivity contribution in [2.75, 3.05) is 39.2 Å². The van der Waals surface area contributed by atoms with Crippen LogP contribution in [0.3, 0.4) is 0 Å². The van der Waals surface area contributed by atoms with E-state index >= 15 is 0 Å². The molecular weight excluding hydrogens is 455 g/mol. The lowest BCUT2D eigenvalue weighted by Crippen LogP contribution is -2.33. The molecule has 3 rings (SSSR count). The predicted octanol–water partition coefficient (Wildman–Crippen LogP) is 2.97. The van der Waals surface area contributed by atoms with Crippen molar-refractivity contribution in [3.63, 3.8) is 0 Å². The van der Waals surface area contributed by atoms with Crippen molar-refractivity contribution < 1.29 is 28.9 Å². The van der Waals surface area contributed by atoms with Crippen LogP contribution in [0.25, 0.3) is 5.76 Å². The molecule has 1 aromatic heterocycles. The molecule has 2 amide bonds. The number of aliphatic hydroxyl groups is 2. The van der Waals surface area contributed by atoms with E-state index in [4.69, 9.17) is 9.84 Å². The Bertz CT molecular complexity index is 938. The normalized spacial score (nSPS) is 17.5. The summed E-state index contributed by atoms with van der Waals surface area (Å²) in [4.78, 5) is 30.4. The zero-order valence-corrected chi connectivity index (χ0v) is 21.3. The quantitative estimate of drug-likeness (QED) is 0.242. The third-order valence-electron chi connectivity index (χ3n) is 5.20. The maximum Gasteiger partial charge on any atom is 0.247 e. The number of pyridine rings is 1. The molecule has 1 aliphatic carbocycles. The number of amides is 2. The minimum Gasteiger partial charge on any atom is -0.505 e. The van der Waals surface area contributed by atoms with Gasteiger partial charge in [-0.15, -0.1) is 0 Å². The number of halogens is 1. The van der Waals surface area contributed by atoms with Crippen molar-refractivity contribution in [1.29, 1.82) is 0 Å². The number of nitrogens with zero attached hydrogens (tertiary/aromatic N) is 3. The van der Waals surface area contributed by atoms with Gasteiger partial charge in [0.25, 0.3) is 0 Å². The van der Waals surface area contributed by atoms with Crippen LogP contribution in [-0.4, -0.2) is 72.9 Å². The smallest absolute Gasteiger partial charge is 0.247 e. The fraction of sp³-hybridized carbons (Fsp3) is 0.480. The molecule has 10 heteroatoms. The Labute approximate surface area is 206 Å². The van der Waals surface area contributed by atoms with E-state index in [-0.39, 0.29) is 29.4 Å². The van der Waals surface area contributed by atoms with Crippen molar-refractivity contribution in [2.24, 2.45) is 5.92 Å². The Morgan fingerprint density at radius 3 is 2.60 bits per heavy atom. The van der Waals surface area contributed by atoms with Gasteiger partial charge in [0.2, 0.25) is 12.3 Å². The molecular formula is C25H37FN4O5. The van der Waals surface area contributed by atoms with E-state index < -0.39 is 5.91 Å². The molecule has 2 aliphatic rings. The van der Waals surface area contributed by atoms with E-state index in [1.807, 2.05) is 27.9 Å². The second kappa shape index (κ2) is 14.9. The number of aliphatic hydroxyl groups excluding tert-OH is 2. The number of rotatable bonds is 6. The molecule has 35 heavy (non-hydrogen) atoms. The highest BCUT2D eigenvalue weighted by Gasteiger charge is 2.28. The van der Waals surface area contributed by atoms with Gasteiger partial charge in [0.05, 0.1) is 6.54 Å². The average molecular weight is 493 g/mol.